The Morgan fingerprint density at radius 2 is 1.67 bits per heavy atom. The summed E-state index contributed by atoms with van der Waals surface area (Å²) in [5.74, 6) is 2.74. The van der Waals surface area contributed by atoms with Gasteiger partial charge in [-0.1, -0.05) is 48.5 Å². The van der Waals surface area contributed by atoms with Crippen molar-refractivity contribution in [1.29, 1.82) is 0 Å². The van der Waals surface area contributed by atoms with Gasteiger partial charge in [-0.15, -0.1) is 0 Å². The number of halogens is 1. The van der Waals surface area contributed by atoms with Crippen molar-refractivity contribution in [3.8, 4) is 5.75 Å². The Morgan fingerprint density at radius 1 is 1.06 bits per heavy atom. The average molecular weight is 311 g/mol. The fourth-order valence-electron chi connectivity index (χ4n) is 2.84. The summed E-state index contributed by atoms with van der Waals surface area (Å²) >= 11 is 3.44. The molecule has 1 nitrogen and oxygen atoms in total. The first-order valence-electron chi connectivity index (χ1n) is 7.16. The van der Waals surface area contributed by atoms with Gasteiger partial charge in [-0.3, -0.25) is 0 Å². The highest BCUT2D eigenvalue weighted by atomic mass is 79.9. The van der Waals surface area contributed by atoms with Crippen LogP contribution in [-0.2, 0) is 0 Å². The van der Waals surface area contributed by atoms with Crippen LogP contribution in [0.25, 0.3) is 0 Å². The zero-order chi connectivity index (χ0) is 12.8. The lowest BCUT2D eigenvalue weighted by molar-refractivity contribution is 0.178. The van der Waals surface area contributed by atoms with Crippen LogP contribution < -0.4 is 4.74 Å². The third-order valence-electron chi connectivity index (χ3n) is 3.96. The van der Waals surface area contributed by atoms with Gasteiger partial charge in [-0.05, 0) is 48.9 Å². The lowest BCUT2D eigenvalue weighted by Crippen LogP contribution is -2.20. The van der Waals surface area contributed by atoms with Crippen LogP contribution in [0.4, 0.5) is 0 Å². The molecule has 18 heavy (non-hydrogen) atoms. The number of rotatable bonds is 5. The molecule has 2 heteroatoms. The van der Waals surface area contributed by atoms with Gasteiger partial charge in [0.15, 0.2) is 0 Å². The fourth-order valence-corrected chi connectivity index (χ4v) is 3.10. The monoisotopic (exact) mass is 310 g/mol. The van der Waals surface area contributed by atoms with E-state index in [2.05, 4.69) is 22.9 Å². The second-order valence-electron chi connectivity index (χ2n) is 5.44. The number of benzene rings is 1. The second kappa shape index (κ2) is 7.18. The van der Waals surface area contributed by atoms with E-state index < -0.39 is 0 Å². The molecule has 0 atom stereocenters. The highest BCUT2D eigenvalue weighted by Gasteiger charge is 2.20. The van der Waals surface area contributed by atoms with Crippen LogP contribution in [0, 0.1) is 11.8 Å². The minimum Gasteiger partial charge on any atom is -0.493 e. The van der Waals surface area contributed by atoms with Gasteiger partial charge in [0.25, 0.3) is 0 Å². The summed E-state index contributed by atoms with van der Waals surface area (Å²) in [6, 6.07) is 8.14. The maximum absolute atomic E-state index is 5.87. The maximum Gasteiger partial charge on any atom is 0.119 e. The zero-order valence-electron chi connectivity index (χ0n) is 11.2. The Kier molecular flexibility index (Phi) is 5.55. The summed E-state index contributed by atoms with van der Waals surface area (Å²) in [7, 11) is 0. The van der Waals surface area contributed by atoms with Crippen LogP contribution in [0.2, 0.25) is 0 Å². The lowest BCUT2D eigenvalue weighted by Gasteiger charge is -2.28. The highest BCUT2D eigenvalue weighted by molar-refractivity contribution is 9.10. The Bertz CT molecular complexity index is 339. The summed E-state index contributed by atoms with van der Waals surface area (Å²) in [4.78, 5) is 0. The van der Waals surface area contributed by atoms with Gasteiger partial charge in [0.05, 0.1) is 6.61 Å². The molecule has 0 saturated heterocycles. The van der Waals surface area contributed by atoms with Gasteiger partial charge >= 0.3 is 0 Å². The van der Waals surface area contributed by atoms with Crippen LogP contribution in [0.1, 0.15) is 45.4 Å². The Balaban J connectivity index is 1.70. The van der Waals surface area contributed by atoms with Crippen LogP contribution in [-0.4, -0.2) is 6.61 Å². The largest absolute Gasteiger partial charge is 0.493 e. The quantitative estimate of drug-likeness (QED) is 0.704. The van der Waals surface area contributed by atoms with Gasteiger partial charge < -0.3 is 4.74 Å². The highest BCUT2D eigenvalue weighted by Crippen LogP contribution is 2.31. The molecule has 1 aliphatic carbocycles. The minimum absolute atomic E-state index is 0.766. The normalized spacial score (nSPS) is 23.9. The van der Waals surface area contributed by atoms with Crippen molar-refractivity contribution >= 4 is 15.9 Å². The molecule has 0 N–H and O–H groups in total. The van der Waals surface area contributed by atoms with Crippen LogP contribution >= 0.6 is 15.9 Å². The molecule has 1 fully saturated rings. The first-order valence-corrected chi connectivity index (χ1v) is 7.95. The van der Waals surface area contributed by atoms with Crippen LogP contribution in [0.3, 0.4) is 0 Å². The molecular formula is C16H23BrO. The summed E-state index contributed by atoms with van der Waals surface area (Å²) in [6.07, 6.45) is 8.26. The van der Waals surface area contributed by atoms with Crippen LogP contribution in [0.5, 0.6) is 5.75 Å². The van der Waals surface area contributed by atoms with E-state index in [1.54, 1.807) is 0 Å². The molecule has 1 saturated carbocycles. The van der Waals surface area contributed by atoms with Gasteiger partial charge in [0.1, 0.15) is 5.75 Å². The third kappa shape index (κ3) is 4.31. The Labute approximate surface area is 119 Å². The molecule has 100 valence electrons. The van der Waals surface area contributed by atoms with Crippen molar-refractivity contribution in [1.82, 2.24) is 0 Å². The number of ether oxygens (including phenoxy) is 1. The lowest BCUT2D eigenvalue weighted by atomic mass is 9.80. The zero-order valence-corrected chi connectivity index (χ0v) is 12.8. The minimum atomic E-state index is 0.766. The second-order valence-corrected chi connectivity index (χ2v) is 6.36. The van der Waals surface area contributed by atoms with E-state index in [0.717, 1.165) is 28.7 Å². The van der Waals surface area contributed by atoms with Crippen molar-refractivity contribution in [3.63, 3.8) is 0 Å². The van der Waals surface area contributed by atoms with Crippen LogP contribution in [0.15, 0.2) is 28.7 Å². The van der Waals surface area contributed by atoms with E-state index in [1.165, 1.54) is 38.5 Å². The smallest absolute Gasteiger partial charge is 0.119 e. The van der Waals surface area contributed by atoms with E-state index in [1.807, 2.05) is 24.3 Å². The van der Waals surface area contributed by atoms with Crippen molar-refractivity contribution in [2.24, 2.45) is 11.8 Å². The van der Waals surface area contributed by atoms with Gasteiger partial charge in [-0.25, -0.2) is 0 Å². The molecule has 0 aromatic heterocycles. The molecule has 0 amide bonds. The molecule has 1 aromatic rings. The molecular weight excluding hydrogens is 288 g/mol. The third-order valence-corrected chi connectivity index (χ3v) is 4.49. The molecule has 0 unspecified atom stereocenters. The average Bonchev–Trinajstić information content (AvgIpc) is 2.40. The predicted octanol–water partition coefficient (Wildman–Crippen LogP) is 5.43. The molecule has 0 aliphatic heterocycles. The summed E-state index contributed by atoms with van der Waals surface area (Å²) in [5, 5.41) is 0. The molecule has 2 rings (SSSR count). The van der Waals surface area contributed by atoms with Crippen molar-refractivity contribution in [2.75, 3.05) is 6.61 Å². The SMILES string of the molecule is CCC[C@H]1CC[C@H](COc2ccc(Br)cc2)CC1. The summed E-state index contributed by atoms with van der Waals surface area (Å²) in [5.41, 5.74) is 0. The first kappa shape index (κ1) is 13.9. The molecule has 0 radical (unpaired) electrons. The van der Waals surface area contributed by atoms with Crippen molar-refractivity contribution < 1.29 is 4.74 Å². The van der Waals surface area contributed by atoms with E-state index in [0.29, 0.717) is 0 Å². The molecule has 0 bridgehead atoms. The van der Waals surface area contributed by atoms with Crippen molar-refractivity contribution in [2.45, 2.75) is 45.4 Å². The van der Waals surface area contributed by atoms with Gasteiger partial charge in [-0.2, -0.15) is 0 Å². The molecule has 1 aromatic carbocycles. The summed E-state index contributed by atoms with van der Waals surface area (Å²) < 4.78 is 6.98. The molecule has 1 aliphatic rings. The van der Waals surface area contributed by atoms with Gasteiger partial charge in [0.2, 0.25) is 0 Å². The van der Waals surface area contributed by atoms with E-state index >= 15 is 0 Å². The first-order chi connectivity index (χ1) is 8.78. The standard InChI is InChI=1S/C16H23BrO/c1-2-3-13-4-6-14(7-5-13)12-18-16-10-8-15(17)9-11-16/h8-11,13-14H,2-7,12H2,1H3/t13-,14-. The van der Waals surface area contributed by atoms with E-state index in [4.69, 9.17) is 4.74 Å². The topological polar surface area (TPSA) is 9.23 Å². The summed E-state index contributed by atoms with van der Waals surface area (Å²) in [6.45, 7) is 3.18. The number of hydrogen-bond donors (Lipinski definition) is 0. The predicted molar refractivity (Wildman–Crippen MR) is 80.0 cm³/mol. The Hall–Kier alpha value is -0.500. The maximum atomic E-state index is 5.87. The van der Waals surface area contributed by atoms with Crippen molar-refractivity contribution in [3.05, 3.63) is 28.7 Å². The van der Waals surface area contributed by atoms with E-state index in [-0.39, 0.29) is 0 Å². The molecule has 0 heterocycles. The van der Waals surface area contributed by atoms with Gasteiger partial charge in [0, 0.05) is 4.47 Å². The molecule has 0 spiro atoms. The number of hydrogen-bond acceptors (Lipinski definition) is 1. The Morgan fingerprint density at radius 3 is 2.28 bits per heavy atom. The fraction of sp³-hybridized carbons (Fsp3) is 0.625. The van der Waals surface area contributed by atoms with E-state index in [9.17, 15) is 0 Å².